The molecule has 0 fully saturated rings. The highest BCUT2D eigenvalue weighted by molar-refractivity contribution is 5.91. The number of nitrogens with zero attached hydrogens (tertiary/aromatic N) is 3. The fraction of sp³-hybridized carbons (Fsp3) is 0. The van der Waals surface area contributed by atoms with E-state index in [0.717, 1.165) is 5.56 Å². The number of carbonyl (C=O) groups is 1. The molecule has 0 N–H and O–H groups in total. The topological polar surface area (TPSA) is 87.3 Å². The van der Waals surface area contributed by atoms with Gasteiger partial charge in [-0.15, -0.1) is 0 Å². The lowest BCUT2D eigenvalue weighted by Gasteiger charge is -2.07. The Morgan fingerprint density at radius 1 is 0.897 bits per heavy atom. The first-order chi connectivity index (χ1) is 14.1. The molecule has 0 saturated heterocycles. The van der Waals surface area contributed by atoms with E-state index in [1.807, 2.05) is 60.7 Å². The van der Waals surface area contributed by atoms with Gasteiger partial charge in [-0.2, -0.15) is 5.10 Å². The van der Waals surface area contributed by atoms with E-state index in [1.54, 1.807) is 6.07 Å². The molecule has 7 heteroatoms. The standard InChI is InChI=1S/C22H15N3O4/c26-22(29-19-13-7-12-18(14-19)25(27)28)21-15-20(16-8-3-1-4-9-16)23-24(21)17-10-5-2-6-11-17/h1-15H. The largest absolute Gasteiger partial charge is 0.422 e. The molecule has 4 rings (SSSR count). The highest BCUT2D eigenvalue weighted by Crippen LogP contribution is 2.24. The van der Waals surface area contributed by atoms with E-state index in [2.05, 4.69) is 5.10 Å². The fourth-order valence-electron chi connectivity index (χ4n) is 2.86. The molecule has 4 aromatic rings. The van der Waals surface area contributed by atoms with Gasteiger partial charge in [0.15, 0.2) is 5.69 Å². The summed E-state index contributed by atoms with van der Waals surface area (Å²) < 4.78 is 6.90. The van der Waals surface area contributed by atoms with E-state index >= 15 is 0 Å². The summed E-state index contributed by atoms with van der Waals surface area (Å²) in [4.78, 5) is 23.3. The Hall–Kier alpha value is -4.26. The van der Waals surface area contributed by atoms with Crippen molar-refractivity contribution in [3.05, 3.63) is 107 Å². The van der Waals surface area contributed by atoms with Crippen molar-refractivity contribution in [3.63, 3.8) is 0 Å². The molecule has 0 spiro atoms. The number of nitro groups is 1. The zero-order chi connectivity index (χ0) is 20.2. The third-order valence-electron chi connectivity index (χ3n) is 4.23. The highest BCUT2D eigenvalue weighted by atomic mass is 16.6. The minimum Gasteiger partial charge on any atom is -0.422 e. The Balaban J connectivity index is 1.73. The predicted octanol–water partition coefficient (Wildman–Crippen LogP) is 4.67. The smallest absolute Gasteiger partial charge is 0.362 e. The van der Waals surface area contributed by atoms with Gasteiger partial charge in [0.25, 0.3) is 5.69 Å². The van der Waals surface area contributed by atoms with Gasteiger partial charge in [0.2, 0.25) is 0 Å². The number of rotatable bonds is 5. The van der Waals surface area contributed by atoms with E-state index in [4.69, 9.17) is 4.74 Å². The molecule has 0 unspecified atom stereocenters. The Morgan fingerprint density at radius 2 is 1.59 bits per heavy atom. The maximum absolute atomic E-state index is 12.9. The molecule has 1 heterocycles. The number of ether oxygens (including phenoxy) is 1. The van der Waals surface area contributed by atoms with Crippen molar-refractivity contribution in [1.29, 1.82) is 0 Å². The summed E-state index contributed by atoms with van der Waals surface area (Å²) in [7, 11) is 0. The number of carbonyl (C=O) groups excluding carboxylic acids is 1. The first kappa shape index (κ1) is 18.1. The highest BCUT2D eigenvalue weighted by Gasteiger charge is 2.20. The van der Waals surface area contributed by atoms with Crippen LogP contribution in [-0.2, 0) is 0 Å². The molecule has 0 aliphatic rings. The normalized spacial score (nSPS) is 10.5. The van der Waals surface area contributed by atoms with Crippen LogP contribution in [0.3, 0.4) is 0 Å². The van der Waals surface area contributed by atoms with Crippen LogP contribution in [0.2, 0.25) is 0 Å². The van der Waals surface area contributed by atoms with Gasteiger partial charge in [-0.25, -0.2) is 9.48 Å². The lowest BCUT2D eigenvalue weighted by molar-refractivity contribution is -0.384. The first-order valence-corrected chi connectivity index (χ1v) is 8.79. The number of nitro benzene ring substituents is 1. The van der Waals surface area contributed by atoms with Crippen molar-refractivity contribution in [2.45, 2.75) is 0 Å². The zero-order valence-electron chi connectivity index (χ0n) is 15.1. The zero-order valence-corrected chi connectivity index (χ0v) is 15.1. The molecule has 29 heavy (non-hydrogen) atoms. The summed E-state index contributed by atoms with van der Waals surface area (Å²) in [6.07, 6.45) is 0. The fourth-order valence-corrected chi connectivity index (χ4v) is 2.86. The average molecular weight is 385 g/mol. The minimum atomic E-state index is -0.663. The summed E-state index contributed by atoms with van der Waals surface area (Å²) in [5.41, 5.74) is 2.21. The summed E-state index contributed by atoms with van der Waals surface area (Å²) in [6, 6.07) is 25.8. The molecule has 0 radical (unpaired) electrons. The van der Waals surface area contributed by atoms with Gasteiger partial charge in [-0.3, -0.25) is 10.1 Å². The number of hydrogen-bond donors (Lipinski definition) is 0. The summed E-state index contributed by atoms with van der Waals surface area (Å²) in [6.45, 7) is 0. The van der Waals surface area contributed by atoms with E-state index in [0.29, 0.717) is 11.4 Å². The van der Waals surface area contributed by atoms with Crippen LogP contribution in [0, 0.1) is 10.1 Å². The molecule has 0 amide bonds. The van der Waals surface area contributed by atoms with Crippen molar-refractivity contribution >= 4 is 11.7 Å². The van der Waals surface area contributed by atoms with E-state index in [1.165, 1.54) is 28.9 Å². The number of hydrogen-bond acceptors (Lipinski definition) is 5. The van der Waals surface area contributed by atoms with Crippen LogP contribution >= 0.6 is 0 Å². The maximum atomic E-state index is 12.9. The molecular formula is C22H15N3O4. The van der Waals surface area contributed by atoms with Gasteiger partial charge in [0, 0.05) is 11.6 Å². The summed E-state index contributed by atoms with van der Waals surface area (Å²) in [5, 5.41) is 15.5. The van der Waals surface area contributed by atoms with Gasteiger partial charge in [-0.05, 0) is 24.3 Å². The molecule has 1 aromatic heterocycles. The van der Waals surface area contributed by atoms with Crippen LogP contribution < -0.4 is 4.74 Å². The number of para-hydroxylation sites is 1. The third-order valence-corrected chi connectivity index (χ3v) is 4.23. The monoisotopic (exact) mass is 385 g/mol. The van der Waals surface area contributed by atoms with Crippen LogP contribution in [0.15, 0.2) is 91.0 Å². The van der Waals surface area contributed by atoms with Crippen molar-refractivity contribution in [3.8, 4) is 22.7 Å². The van der Waals surface area contributed by atoms with Gasteiger partial charge in [0.05, 0.1) is 22.4 Å². The number of esters is 1. The molecule has 0 aliphatic carbocycles. The second-order valence-electron chi connectivity index (χ2n) is 6.17. The van der Waals surface area contributed by atoms with Crippen LogP contribution in [0.4, 0.5) is 5.69 Å². The SMILES string of the molecule is O=C(Oc1cccc([N+](=O)[O-])c1)c1cc(-c2ccccc2)nn1-c1ccccc1. The van der Waals surface area contributed by atoms with E-state index < -0.39 is 10.9 Å². The minimum absolute atomic E-state index is 0.0891. The predicted molar refractivity (Wildman–Crippen MR) is 107 cm³/mol. The summed E-state index contributed by atoms with van der Waals surface area (Å²) in [5.74, 6) is -0.574. The number of non-ortho nitro benzene ring substituents is 1. The Kier molecular flexibility index (Phi) is 4.86. The van der Waals surface area contributed by atoms with Crippen molar-refractivity contribution < 1.29 is 14.5 Å². The van der Waals surface area contributed by atoms with Crippen molar-refractivity contribution in [2.24, 2.45) is 0 Å². The van der Waals surface area contributed by atoms with Gasteiger partial charge in [-0.1, -0.05) is 54.6 Å². The molecule has 7 nitrogen and oxygen atoms in total. The molecule has 0 aliphatic heterocycles. The van der Waals surface area contributed by atoms with Crippen LogP contribution in [-0.4, -0.2) is 20.7 Å². The molecule has 0 saturated carbocycles. The number of aromatic nitrogens is 2. The molecule has 3 aromatic carbocycles. The molecule has 142 valence electrons. The van der Waals surface area contributed by atoms with Crippen LogP contribution in [0.25, 0.3) is 16.9 Å². The number of benzene rings is 3. The van der Waals surface area contributed by atoms with E-state index in [-0.39, 0.29) is 17.1 Å². The Morgan fingerprint density at radius 3 is 2.28 bits per heavy atom. The lowest BCUT2D eigenvalue weighted by atomic mass is 10.1. The lowest BCUT2D eigenvalue weighted by Crippen LogP contribution is -2.14. The molecular weight excluding hydrogens is 370 g/mol. The maximum Gasteiger partial charge on any atom is 0.362 e. The van der Waals surface area contributed by atoms with E-state index in [9.17, 15) is 14.9 Å². The van der Waals surface area contributed by atoms with Gasteiger partial charge < -0.3 is 4.74 Å². The Bertz CT molecular complexity index is 1170. The molecule has 0 atom stereocenters. The van der Waals surface area contributed by atoms with Gasteiger partial charge >= 0.3 is 5.97 Å². The van der Waals surface area contributed by atoms with Crippen LogP contribution in [0.5, 0.6) is 5.75 Å². The average Bonchev–Trinajstić information content (AvgIpc) is 3.21. The Labute approximate surface area is 166 Å². The second kappa shape index (κ2) is 7.77. The van der Waals surface area contributed by atoms with Crippen LogP contribution in [0.1, 0.15) is 10.5 Å². The first-order valence-electron chi connectivity index (χ1n) is 8.79. The quantitative estimate of drug-likeness (QED) is 0.216. The van der Waals surface area contributed by atoms with Crippen molar-refractivity contribution in [1.82, 2.24) is 9.78 Å². The molecule has 0 bridgehead atoms. The summed E-state index contributed by atoms with van der Waals surface area (Å²) >= 11 is 0. The third kappa shape index (κ3) is 3.89. The van der Waals surface area contributed by atoms with Crippen molar-refractivity contribution in [2.75, 3.05) is 0 Å². The van der Waals surface area contributed by atoms with Gasteiger partial charge in [0.1, 0.15) is 5.75 Å². The second-order valence-corrected chi connectivity index (χ2v) is 6.17.